The van der Waals surface area contributed by atoms with Crippen LogP contribution in [0.25, 0.3) is 11.0 Å². The van der Waals surface area contributed by atoms with Gasteiger partial charge < -0.3 is 0 Å². The Balaban J connectivity index is 3.02. The first-order valence-corrected chi connectivity index (χ1v) is 3.83. The van der Waals surface area contributed by atoms with E-state index in [1.807, 2.05) is 6.92 Å². The maximum atomic E-state index is 11.3. The molecule has 0 aliphatic carbocycles. The van der Waals surface area contributed by atoms with Gasteiger partial charge in [-0.05, 0) is 6.92 Å². The summed E-state index contributed by atoms with van der Waals surface area (Å²) in [6, 6.07) is 0. The van der Waals surface area contributed by atoms with Gasteiger partial charge in [0, 0.05) is 12.7 Å². The highest BCUT2D eigenvalue weighted by Gasteiger charge is 2.04. The molecule has 0 aromatic carbocycles. The second-order valence-corrected chi connectivity index (χ2v) is 2.80. The van der Waals surface area contributed by atoms with E-state index in [1.54, 1.807) is 7.05 Å². The SMILES string of the molecule is Cc1c2ncncc2nc(=O)n1C. The molecule has 0 bridgehead atoms. The van der Waals surface area contributed by atoms with Crippen molar-refractivity contribution in [2.24, 2.45) is 7.05 Å². The Morgan fingerprint density at radius 3 is 3.00 bits per heavy atom. The van der Waals surface area contributed by atoms with Gasteiger partial charge in [0.2, 0.25) is 0 Å². The molecule has 13 heavy (non-hydrogen) atoms. The molecule has 0 atom stereocenters. The smallest absolute Gasteiger partial charge is 0.297 e. The third kappa shape index (κ3) is 1.09. The summed E-state index contributed by atoms with van der Waals surface area (Å²) in [5.41, 5.74) is 1.79. The maximum absolute atomic E-state index is 11.3. The van der Waals surface area contributed by atoms with E-state index in [4.69, 9.17) is 0 Å². The monoisotopic (exact) mass is 176 g/mol. The second kappa shape index (κ2) is 2.62. The zero-order valence-electron chi connectivity index (χ0n) is 7.35. The largest absolute Gasteiger partial charge is 0.348 e. The third-order valence-corrected chi connectivity index (χ3v) is 2.04. The lowest BCUT2D eigenvalue weighted by Gasteiger charge is -2.03. The van der Waals surface area contributed by atoms with Crippen molar-refractivity contribution >= 4 is 11.0 Å². The Bertz CT molecular complexity index is 517. The molecule has 0 aliphatic rings. The normalized spacial score (nSPS) is 10.6. The van der Waals surface area contributed by atoms with Crippen molar-refractivity contribution in [2.45, 2.75) is 6.92 Å². The first-order chi connectivity index (χ1) is 6.20. The van der Waals surface area contributed by atoms with Crippen LogP contribution >= 0.6 is 0 Å². The summed E-state index contributed by atoms with van der Waals surface area (Å²) in [6.07, 6.45) is 2.98. The van der Waals surface area contributed by atoms with Gasteiger partial charge in [-0.1, -0.05) is 0 Å². The fraction of sp³-hybridized carbons (Fsp3) is 0.250. The molecule has 2 aromatic heterocycles. The number of hydrogen-bond acceptors (Lipinski definition) is 4. The van der Waals surface area contributed by atoms with Crippen LogP contribution in [0.4, 0.5) is 0 Å². The van der Waals surface area contributed by atoms with Crippen LogP contribution in [0.5, 0.6) is 0 Å². The summed E-state index contributed by atoms with van der Waals surface area (Å²) in [5.74, 6) is 0. The van der Waals surface area contributed by atoms with E-state index in [0.717, 1.165) is 11.2 Å². The first kappa shape index (κ1) is 7.85. The van der Waals surface area contributed by atoms with Crippen molar-refractivity contribution in [2.75, 3.05) is 0 Å². The van der Waals surface area contributed by atoms with Crippen molar-refractivity contribution in [1.29, 1.82) is 0 Å². The van der Waals surface area contributed by atoms with Gasteiger partial charge in [0.15, 0.2) is 0 Å². The lowest BCUT2D eigenvalue weighted by molar-refractivity contribution is 0.788. The zero-order valence-corrected chi connectivity index (χ0v) is 7.35. The molecule has 2 aromatic rings. The van der Waals surface area contributed by atoms with E-state index >= 15 is 0 Å². The minimum Gasteiger partial charge on any atom is -0.297 e. The Hall–Kier alpha value is -1.78. The summed E-state index contributed by atoms with van der Waals surface area (Å²) in [6.45, 7) is 1.83. The molecule has 2 rings (SSSR count). The van der Waals surface area contributed by atoms with Gasteiger partial charge in [-0.3, -0.25) is 4.57 Å². The van der Waals surface area contributed by atoms with E-state index in [1.165, 1.54) is 17.1 Å². The highest BCUT2D eigenvalue weighted by atomic mass is 16.1. The van der Waals surface area contributed by atoms with Crippen molar-refractivity contribution in [3.8, 4) is 0 Å². The molecule has 0 N–H and O–H groups in total. The van der Waals surface area contributed by atoms with Gasteiger partial charge in [-0.25, -0.2) is 14.8 Å². The lowest BCUT2D eigenvalue weighted by Crippen LogP contribution is -2.22. The Morgan fingerprint density at radius 2 is 2.23 bits per heavy atom. The maximum Gasteiger partial charge on any atom is 0.348 e. The zero-order chi connectivity index (χ0) is 9.42. The summed E-state index contributed by atoms with van der Waals surface area (Å²) in [7, 11) is 1.67. The van der Waals surface area contributed by atoms with Gasteiger partial charge in [0.05, 0.1) is 6.20 Å². The van der Waals surface area contributed by atoms with Crippen LogP contribution in [0.3, 0.4) is 0 Å². The minimum absolute atomic E-state index is 0.278. The van der Waals surface area contributed by atoms with Crippen molar-refractivity contribution in [3.63, 3.8) is 0 Å². The van der Waals surface area contributed by atoms with Crippen molar-refractivity contribution in [1.82, 2.24) is 19.5 Å². The van der Waals surface area contributed by atoms with Gasteiger partial charge in [-0.15, -0.1) is 0 Å². The molecule has 0 saturated heterocycles. The fourth-order valence-electron chi connectivity index (χ4n) is 1.16. The molecule has 2 heterocycles. The Labute approximate surface area is 74.1 Å². The molecule has 0 fully saturated rings. The molecule has 0 unspecified atom stereocenters. The van der Waals surface area contributed by atoms with Gasteiger partial charge in [0.1, 0.15) is 17.4 Å². The second-order valence-electron chi connectivity index (χ2n) is 2.80. The lowest BCUT2D eigenvalue weighted by atomic mass is 10.3. The Morgan fingerprint density at radius 1 is 1.46 bits per heavy atom. The highest BCUT2D eigenvalue weighted by molar-refractivity contribution is 5.74. The first-order valence-electron chi connectivity index (χ1n) is 3.83. The number of hydrogen-bond donors (Lipinski definition) is 0. The Kier molecular flexibility index (Phi) is 1.58. The molecule has 0 amide bonds. The van der Waals surface area contributed by atoms with E-state index in [-0.39, 0.29) is 5.69 Å². The van der Waals surface area contributed by atoms with E-state index in [9.17, 15) is 4.79 Å². The average Bonchev–Trinajstić information content (AvgIpc) is 2.15. The van der Waals surface area contributed by atoms with Crippen LogP contribution in [0.15, 0.2) is 17.3 Å². The van der Waals surface area contributed by atoms with Gasteiger partial charge in [-0.2, -0.15) is 4.98 Å². The van der Waals surface area contributed by atoms with Crippen LogP contribution in [0.1, 0.15) is 5.69 Å². The van der Waals surface area contributed by atoms with Crippen LogP contribution in [0, 0.1) is 6.92 Å². The fourth-order valence-corrected chi connectivity index (χ4v) is 1.16. The van der Waals surface area contributed by atoms with E-state index < -0.39 is 0 Å². The van der Waals surface area contributed by atoms with Gasteiger partial charge in [0.25, 0.3) is 0 Å². The van der Waals surface area contributed by atoms with Crippen LogP contribution in [0.2, 0.25) is 0 Å². The van der Waals surface area contributed by atoms with Crippen molar-refractivity contribution in [3.05, 3.63) is 28.7 Å². The highest BCUT2D eigenvalue weighted by Crippen LogP contribution is 2.07. The molecule has 0 aliphatic heterocycles. The van der Waals surface area contributed by atoms with E-state index in [2.05, 4.69) is 15.0 Å². The molecular weight excluding hydrogens is 168 g/mol. The third-order valence-electron chi connectivity index (χ3n) is 2.04. The molecule has 5 heteroatoms. The molecule has 0 saturated carbocycles. The number of rotatable bonds is 0. The van der Waals surface area contributed by atoms with Gasteiger partial charge >= 0.3 is 5.69 Å². The summed E-state index contributed by atoms with van der Waals surface area (Å²) in [5, 5.41) is 0. The molecule has 66 valence electrons. The topological polar surface area (TPSA) is 60.7 Å². The molecule has 0 radical (unpaired) electrons. The summed E-state index contributed by atoms with van der Waals surface area (Å²) in [4.78, 5) is 22.9. The average molecular weight is 176 g/mol. The van der Waals surface area contributed by atoms with E-state index in [0.29, 0.717) is 5.52 Å². The summed E-state index contributed by atoms with van der Waals surface area (Å²) >= 11 is 0. The molecule has 5 nitrogen and oxygen atoms in total. The number of aryl methyl sites for hydroxylation is 1. The van der Waals surface area contributed by atoms with Crippen LogP contribution < -0.4 is 5.69 Å². The molecular formula is C8H8N4O. The standard InChI is InChI=1S/C8H8N4O/c1-5-7-6(3-9-4-10-7)11-8(13)12(5)2/h3-4H,1-2H3. The quantitative estimate of drug-likeness (QED) is 0.568. The van der Waals surface area contributed by atoms with Crippen LogP contribution in [-0.4, -0.2) is 19.5 Å². The minimum atomic E-state index is -0.278. The predicted molar refractivity (Wildman–Crippen MR) is 47.3 cm³/mol. The van der Waals surface area contributed by atoms with Crippen LogP contribution in [-0.2, 0) is 7.05 Å². The van der Waals surface area contributed by atoms with Crippen molar-refractivity contribution < 1.29 is 0 Å². The number of aromatic nitrogens is 4. The number of fused-ring (bicyclic) bond motifs is 1. The predicted octanol–water partition coefficient (Wildman–Crippen LogP) is 0.0319. The molecule has 0 spiro atoms. The number of nitrogens with zero attached hydrogens (tertiary/aromatic N) is 4. The summed E-state index contributed by atoms with van der Waals surface area (Å²) < 4.78 is 1.47.